The van der Waals surface area contributed by atoms with Crippen molar-refractivity contribution in [1.82, 2.24) is 19.9 Å². The number of benzene rings is 1. The number of hydrogen-bond donors (Lipinski definition) is 1. The number of nitrogens with one attached hydrogen (secondary N) is 1. The van der Waals surface area contributed by atoms with E-state index in [1.165, 1.54) is 6.33 Å². The first-order valence-corrected chi connectivity index (χ1v) is 7.55. The van der Waals surface area contributed by atoms with E-state index >= 15 is 0 Å². The number of nitrogens with zero attached hydrogens (tertiary/aromatic N) is 4. The molecule has 0 radical (unpaired) electrons. The Hall–Kier alpha value is -2.86. The van der Waals surface area contributed by atoms with Gasteiger partial charge in [-0.3, -0.25) is 4.98 Å². The van der Waals surface area contributed by atoms with Crippen LogP contribution in [0.3, 0.4) is 0 Å². The minimum Gasteiger partial charge on any atom is -0.340 e. The van der Waals surface area contributed by atoms with E-state index in [1.54, 1.807) is 23.6 Å². The molecular formula is C16H11N5S. The molecule has 0 spiro atoms. The van der Waals surface area contributed by atoms with Crippen molar-refractivity contribution >= 4 is 50.0 Å². The summed E-state index contributed by atoms with van der Waals surface area (Å²) >= 11 is 1.63. The number of fused-ring (bicyclic) bond motifs is 2. The van der Waals surface area contributed by atoms with Gasteiger partial charge in [-0.15, -0.1) is 11.3 Å². The molecule has 4 aromatic rings. The van der Waals surface area contributed by atoms with E-state index in [4.69, 9.17) is 0 Å². The van der Waals surface area contributed by atoms with E-state index in [9.17, 15) is 0 Å². The van der Waals surface area contributed by atoms with Gasteiger partial charge in [0.25, 0.3) is 0 Å². The molecule has 0 atom stereocenters. The van der Waals surface area contributed by atoms with E-state index < -0.39 is 0 Å². The standard InChI is InChI=1S/C16H11N5S/c1-2-10-5-12-14(7-17-10)18-8-19-16(12)21-11-3-4-15-13(6-11)20-9-22-15/h2-9H,1H2,(H,18,19,21). The van der Waals surface area contributed by atoms with Gasteiger partial charge in [-0.25, -0.2) is 15.0 Å². The van der Waals surface area contributed by atoms with Crippen molar-refractivity contribution in [3.05, 3.63) is 54.6 Å². The highest BCUT2D eigenvalue weighted by molar-refractivity contribution is 7.16. The molecule has 3 heterocycles. The van der Waals surface area contributed by atoms with Crippen LogP contribution >= 0.6 is 11.3 Å². The largest absolute Gasteiger partial charge is 0.340 e. The van der Waals surface area contributed by atoms with Crippen molar-refractivity contribution < 1.29 is 0 Å². The molecule has 0 bridgehead atoms. The fraction of sp³-hybridized carbons (Fsp3) is 0. The van der Waals surface area contributed by atoms with Crippen LogP contribution in [0.15, 0.2) is 48.9 Å². The van der Waals surface area contributed by atoms with Crippen molar-refractivity contribution in [2.24, 2.45) is 0 Å². The van der Waals surface area contributed by atoms with Gasteiger partial charge in [-0.05, 0) is 30.3 Å². The van der Waals surface area contributed by atoms with Crippen molar-refractivity contribution in [3.63, 3.8) is 0 Å². The fourth-order valence-corrected chi connectivity index (χ4v) is 2.92. The van der Waals surface area contributed by atoms with Crippen LogP contribution in [0.5, 0.6) is 0 Å². The smallest absolute Gasteiger partial charge is 0.141 e. The summed E-state index contributed by atoms with van der Waals surface area (Å²) in [5.74, 6) is 0.741. The number of hydrogen-bond acceptors (Lipinski definition) is 6. The summed E-state index contributed by atoms with van der Waals surface area (Å²) in [5, 5.41) is 4.24. The minimum absolute atomic E-state index is 0.741. The van der Waals surface area contributed by atoms with E-state index in [2.05, 4.69) is 37.9 Å². The lowest BCUT2D eigenvalue weighted by atomic mass is 10.2. The molecular weight excluding hydrogens is 294 g/mol. The number of pyridine rings is 1. The molecule has 22 heavy (non-hydrogen) atoms. The summed E-state index contributed by atoms with van der Waals surface area (Å²) in [6.07, 6.45) is 4.96. The second-order valence-electron chi connectivity index (χ2n) is 4.71. The monoisotopic (exact) mass is 305 g/mol. The van der Waals surface area contributed by atoms with Gasteiger partial charge >= 0.3 is 0 Å². The molecule has 0 saturated heterocycles. The van der Waals surface area contributed by atoms with Crippen LogP contribution in [-0.2, 0) is 0 Å². The summed E-state index contributed by atoms with van der Waals surface area (Å²) in [6, 6.07) is 8.00. The Bertz CT molecular complexity index is 992. The Morgan fingerprint density at radius 3 is 2.91 bits per heavy atom. The molecule has 0 aliphatic carbocycles. The normalized spacial score (nSPS) is 10.9. The number of aromatic nitrogens is 4. The van der Waals surface area contributed by atoms with Crippen LogP contribution in [0.4, 0.5) is 11.5 Å². The first-order chi connectivity index (χ1) is 10.8. The molecule has 106 valence electrons. The zero-order valence-corrected chi connectivity index (χ0v) is 12.3. The van der Waals surface area contributed by atoms with Gasteiger partial charge in [0.05, 0.1) is 33.1 Å². The molecule has 0 unspecified atom stereocenters. The highest BCUT2D eigenvalue weighted by Gasteiger charge is 2.06. The highest BCUT2D eigenvalue weighted by Crippen LogP contribution is 2.26. The summed E-state index contributed by atoms with van der Waals surface area (Å²) in [5.41, 5.74) is 5.34. The lowest BCUT2D eigenvalue weighted by Crippen LogP contribution is -1.97. The topological polar surface area (TPSA) is 63.6 Å². The molecule has 0 saturated carbocycles. The number of rotatable bonds is 3. The Labute approximate surface area is 130 Å². The molecule has 1 N–H and O–H groups in total. The van der Waals surface area contributed by atoms with Crippen molar-refractivity contribution in [3.8, 4) is 0 Å². The Morgan fingerprint density at radius 2 is 2.00 bits per heavy atom. The van der Waals surface area contributed by atoms with E-state index in [0.29, 0.717) is 0 Å². The van der Waals surface area contributed by atoms with Gasteiger partial charge in [-0.2, -0.15) is 0 Å². The molecule has 0 amide bonds. The zero-order valence-electron chi connectivity index (χ0n) is 11.5. The SMILES string of the molecule is C=Cc1cc2c(Nc3ccc4scnc4c3)ncnc2cn1. The third-order valence-electron chi connectivity index (χ3n) is 3.35. The van der Waals surface area contributed by atoms with E-state index in [0.717, 1.165) is 38.3 Å². The molecule has 0 fully saturated rings. The lowest BCUT2D eigenvalue weighted by Gasteiger charge is -2.08. The summed E-state index contributed by atoms with van der Waals surface area (Å²) in [7, 11) is 0. The van der Waals surface area contributed by atoms with Crippen molar-refractivity contribution in [2.45, 2.75) is 0 Å². The summed E-state index contributed by atoms with van der Waals surface area (Å²) in [4.78, 5) is 17.2. The Morgan fingerprint density at radius 1 is 1.05 bits per heavy atom. The number of anilines is 2. The van der Waals surface area contributed by atoms with Crippen LogP contribution in [0.2, 0.25) is 0 Å². The maximum absolute atomic E-state index is 4.34. The van der Waals surface area contributed by atoms with E-state index in [-0.39, 0.29) is 0 Å². The highest BCUT2D eigenvalue weighted by atomic mass is 32.1. The summed E-state index contributed by atoms with van der Waals surface area (Å²) < 4.78 is 1.16. The predicted molar refractivity (Wildman–Crippen MR) is 90.3 cm³/mol. The van der Waals surface area contributed by atoms with E-state index in [1.807, 2.05) is 23.7 Å². The number of thiazole rings is 1. The van der Waals surface area contributed by atoms with Gasteiger partial charge in [-0.1, -0.05) is 6.58 Å². The molecule has 5 nitrogen and oxygen atoms in total. The average Bonchev–Trinajstić information content (AvgIpc) is 3.02. The van der Waals surface area contributed by atoms with Crippen LogP contribution in [0.1, 0.15) is 5.69 Å². The first-order valence-electron chi connectivity index (χ1n) is 6.67. The van der Waals surface area contributed by atoms with Crippen LogP contribution in [-0.4, -0.2) is 19.9 Å². The summed E-state index contributed by atoms with van der Waals surface area (Å²) in [6.45, 7) is 3.75. The first kappa shape index (κ1) is 12.8. The second-order valence-corrected chi connectivity index (χ2v) is 5.60. The maximum Gasteiger partial charge on any atom is 0.141 e. The van der Waals surface area contributed by atoms with Gasteiger partial charge < -0.3 is 5.32 Å². The molecule has 0 aliphatic rings. The van der Waals surface area contributed by atoms with Crippen molar-refractivity contribution in [2.75, 3.05) is 5.32 Å². The average molecular weight is 305 g/mol. The van der Waals surface area contributed by atoms with Gasteiger partial charge in [0.2, 0.25) is 0 Å². The quantitative estimate of drug-likeness (QED) is 0.619. The van der Waals surface area contributed by atoms with Crippen LogP contribution in [0, 0.1) is 0 Å². The van der Waals surface area contributed by atoms with Gasteiger partial charge in [0.15, 0.2) is 0 Å². The third-order valence-corrected chi connectivity index (χ3v) is 4.16. The molecule has 0 aliphatic heterocycles. The lowest BCUT2D eigenvalue weighted by molar-refractivity contribution is 1.20. The fourth-order valence-electron chi connectivity index (χ4n) is 2.26. The Balaban J connectivity index is 1.81. The molecule has 1 aromatic carbocycles. The predicted octanol–water partition coefficient (Wildman–Crippen LogP) is 4.02. The zero-order chi connectivity index (χ0) is 14.9. The molecule has 3 aromatic heterocycles. The third kappa shape index (κ3) is 2.19. The second kappa shape index (κ2) is 5.16. The van der Waals surface area contributed by atoms with Crippen LogP contribution < -0.4 is 5.32 Å². The van der Waals surface area contributed by atoms with Gasteiger partial charge in [0, 0.05) is 11.1 Å². The molecule has 4 rings (SSSR count). The van der Waals surface area contributed by atoms with Crippen molar-refractivity contribution in [1.29, 1.82) is 0 Å². The van der Waals surface area contributed by atoms with Crippen LogP contribution in [0.25, 0.3) is 27.2 Å². The van der Waals surface area contributed by atoms with Gasteiger partial charge in [0.1, 0.15) is 12.1 Å². The Kier molecular flexibility index (Phi) is 3.01. The maximum atomic E-state index is 4.34. The minimum atomic E-state index is 0.741. The molecule has 6 heteroatoms.